The van der Waals surface area contributed by atoms with E-state index in [9.17, 15) is 14.7 Å². The zero-order valence-electron chi connectivity index (χ0n) is 14.8. The van der Waals surface area contributed by atoms with E-state index in [4.69, 9.17) is 34.0 Å². The first-order valence-electron chi connectivity index (χ1n) is 7.96. The highest BCUT2D eigenvalue weighted by Crippen LogP contribution is 2.24. The molecule has 1 aromatic carbocycles. The number of pyridine rings is 1. The number of rotatable bonds is 5. The van der Waals surface area contributed by atoms with E-state index in [0.717, 1.165) is 5.56 Å². The molecule has 3 aromatic rings. The standard InChI is InChI=1S/C15H11Cl2N5O2.C2H5NO2/c16-10-2-1-8(11(17)4-10)6-22-7-12(20-21-22)9-3-13(23)14(15(18)24)19-5-9;3-1-2(4)5/h1-5,7,23H,6H2,(H2,18,24);1,3H2,(H,4,5). The van der Waals surface area contributed by atoms with Crippen LogP contribution < -0.4 is 11.5 Å². The smallest absolute Gasteiger partial charge is 0.317 e. The molecule has 6 N–H and O–H groups in total. The Morgan fingerprint density at radius 1 is 1.21 bits per heavy atom. The number of nitrogens with two attached hydrogens (primary N) is 2. The van der Waals surface area contributed by atoms with E-state index in [0.29, 0.717) is 27.8 Å². The Labute approximate surface area is 174 Å². The number of amides is 1. The van der Waals surface area contributed by atoms with Gasteiger partial charge in [0.1, 0.15) is 11.4 Å². The molecule has 0 aliphatic heterocycles. The molecular weight excluding hydrogens is 423 g/mol. The minimum absolute atomic E-state index is 0.195. The summed E-state index contributed by atoms with van der Waals surface area (Å²) in [6.07, 6.45) is 3.06. The van der Waals surface area contributed by atoms with Gasteiger partial charge in [-0.2, -0.15) is 0 Å². The zero-order valence-corrected chi connectivity index (χ0v) is 16.3. The molecule has 0 aliphatic rings. The highest BCUT2D eigenvalue weighted by atomic mass is 35.5. The monoisotopic (exact) mass is 438 g/mol. The third-order valence-corrected chi connectivity index (χ3v) is 4.04. The lowest BCUT2D eigenvalue weighted by molar-refractivity contribution is -0.135. The van der Waals surface area contributed by atoms with Gasteiger partial charge in [-0.25, -0.2) is 9.67 Å². The molecule has 1 amide bonds. The summed E-state index contributed by atoms with van der Waals surface area (Å²) in [4.78, 5) is 24.2. The summed E-state index contributed by atoms with van der Waals surface area (Å²) in [7, 11) is 0. The third kappa shape index (κ3) is 6.14. The fourth-order valence-corrected chi connectivity index (χ4v) is 2.58. The molecule has 0 bridgehead atoms. The van der Waals surface area contributed by atoms with E-state index >= 15 is 0 Å². The van der Waals surface area contributed by atoms with Crippen LogP contribution in [0.2, 0.25) is 10.0 Å². The number of hydrogen-bond donors (Lipinski definition) is 4. The van der Waals surface area contributed by atoms with Crippen LogP contribution in [0.1, 0.15) is 16.1 Å². The van der Waals surface area contributed by atoms with E-state index in [1.54, 1.807) is 29.1 Å². The summed E-state index contributed by atoms with van der Waals surface area (Å²) in [6, 6.07) is 6.56. The van der Waals surface area contributed by atoms with Crippen LogP contribution in [0.3, 0.4) is 0 Å². The number of benzene rings is 1. The number of primary amides is 1. The second-order valence-corrected chi connectivity index (χ2v) is 6.43. The van der Waals surface area contributed by atoms with E-state index < -0.39 is 11.9 Å². The lowest BCUT2D eigenvalue weighted by Gasteiger charge is -2.04. The summed E-state index contributed by atoms with van der Waals surface area (Å²) < 4.78 is 1.59. The Balaban J connectivity index is 0.000000537. The molecular formula is C17H16Cl2N6O4. The van der Waals surface area contributed by atoms with Crippen LogP contribution in [-0.2, 0) is 11.3 Å². The highest BCUT2D eigenvalue weighted by molar-refractivity contribution is 6.35. The van der Waals surface area contributed by atoms with Gasteiger partial charge >= 0.3 is 5.97 Å². The van der Waals surface area contributed by atoms with Crippen LogP contribution in [0.4, 0.5) is 0 Å². The lowest BCUT2D eigenvalue weighted by atomic mass is 10.2. The highest BCUT2D eigenvalue weighted by Gasteiger charge is 2.13. The van der Waals surface area contributed by atoms with E-state index in [2.05, 4.69) is 21.0 Å². The van der Waals surface area contributed by atoms with Crippen molar-refractivity contribution in [1.82, 2.24) is 20.0 Å². The number of nitrogens with zero attached hydrogens (tertiary/aromatic N) is 4. The predicted molar refractivity (Wildman–Crippen MR) is 106 cm³/mol. The van der Waals surface area contributed by atoms with E-state index in [1.807, 2.05) is 0 Å². The molecule has 0 radical (unpaired) electrons. The minimum Gasteiger partial charge on any atom is -0.505 e. The fraction of sp³-hybridized carbons (Fsp3) is 0.118. The molecule has 0 aliphatic carbocycles. The Morgan fingerprint density at radius 3 is 2.45 bits per heavy atom. The number of carbonyl (C=O) groups is 2. The first-order valence-corrected chi connectivity index (χ1v) is 8.72. The van der Waals surface area contributed by atoms with Crippen molar-refractivity contribution in [2.75, 3.05) is 6.54 Å². The Morgan fingerprint density at radius 2 is 1.90 bits per heavy atom. The molecule has 0 saturated carbocycles. The zero-order chi connectivity index (χ0) is 21.6. The number of halogens is 2. The van der Waals surface area contributed by atoms with Crippen LogP contribution in [0, 0.1) is 0 Å². The molecule has 10 nitrogen and oxygen atoms in total. The summed E-state index contributed by atoms with van der Waals surface area (Å²) >= 11 is 12.0. The molecule has 2 heterocycles. The fourth-order valence-electron chi connectivity index (χ4n) is 2.12. The molecule has 0 saturated heterocycles. The van der Waals surface area contributed by atoms with Gasteiger partial charge < -0.3 is 21.7 Å². The van der Waals surface area contributed by atoms with Crippen molar-refractivity contribution in [2.45, 2.75) is 6.54 Å². The van der Waals surface area contributed by atoms with Crippen molar-refractivity contribution < 1.29 is 19.8 Å². The van der Waals surface area contributed by atoms with Crippen molar-refractivity contribution >= 4 is 35.1 Å². The summed E-state index contributed by atoms with van der Waals surface area (Å²) in [6.45, 7) is 0.127. The van der Waals surface area contributed by atoms with Gasteiger partial charge in [-0.3, -0.25) is 9.59 Å². The van der Waals surface area contributed by atoms with Crippen molar-refractivity contribution in [2.24, 2.45) is 11.5 Å². The van der Waals surface area contributed by atoms with Gasteiger partial charge in [-0.05, 0) is 23.8 Å². The second kappa shape index (κ2) is 9.82. The molecule has 3 rings (SSSR count). The lowest BCUT2D eigenvalue weighted by Crippen LogP contribution is -2.13. The van der Waals surface area contributed by atoms with E-state index in [1.165, 1.54) is 12.3 Å². The van der Waals surface area contributed by atoms with Crippen molar-refractivity contribution in [3.63, 3.8) is 0 Å². The molecule has 0 unspecified atom stereocenters. The maximum absolute atomic E-state index is 11.1. The quantitative estimate of drug-likeness (QED) is 0.464. The van der Waals surface area contributed by atoms with Gasteiger partial charge in [0.2, 0.25) is 0 Å². The Hall–Kier alpha value is -3.21. The number of hydrogen-bond acceptors (Lipinski definition) is 7. The number of aliphatic carboxylic acids is 1. The number of aromatic nitrogens is 4. The van der Waals surface area contributed by atoms with Gasteiger partial charge in [-0.1, -0.05) is 34.5 Å². The average molecular weight is 439 g/mol. The second-order valence-electron chi connectivity index (χ2n) is 5.59. The normalized spacial score (nSPS) is 10.2. The molecule has 0 spiro atoms. The van der Waals surface area contributed by atoms with Gasteiger partial charge in [0.15, 0.2) is 5.69 Å². The van der Waals surface area contributed by atoms with Crippen LogP contribution in [-0.4, -0.2) is 48.6 Å². The summed E-state index contributed by atoms with van der Waals surface area (Å²) in [5.74, 6) is -2.08. The number of aromatic hydroxyl groups is 1. The van der Waals surface area contributed by atoms with Crippen LogP contribution in [0.25, 0.3) is 11.3 Å². The van der Waals surface area contributed by atoms with Crippen LogP contribution in [0.15, 0.2) is 36.7 Å². The van der Waals surface area contributed by atoms with Crippen molar-refractivity contribution in [3.8, 4) is 17.0 Å². The Kier molecular flexibility index (Phi) is 7.48. The number of carboxylic acids is 1. The molecule has 0 atom stereocenters. The van der Waals surface area contributed by atoms with Gasteiger partial charge in [-0.15, -0.1) is 5.10 Å². The van der Waals surface area contributed by atoms with Crippen LogP contribution >= 0.6 is 23.2 Å². The molecule has 0 fully saturated rings. The largest absolute Gasteiger partial charge is 0.505 e. The minimum atomic E-state index is -0.968. The van der Waals surface area contributed by atoms with Gasteiger partial charge in [0.05, 0.1) is 19.3 Å². The van der Waals surface area contributed by atoms with E-state index in [-0.39, 0.29) is 18.0 Å². The summed E-state index contributed by atoms with van der Waals surface area (Å²) in [5, 5.41) is 26.5. The predicted octanol–water partition coefficient (Wildman–Crippen LogP) is 1.53. The molecule has 12 heteroatoms. The van der Waals surface area contributed by atoms with Crippen LogP contribution in [0.5, 0.6) is 5.75 Å². The molecule has 2 aromatic heterocycles. The molecule has 152 valence electrons. The average Bonchev–Trinajstić information content (AvgIpc) is 3.12. The topological polar surface area (TPSA) is 170 Å². The SMILES string of the molecule is NC(=O)c1ncc(-c2cn(Cc3ccc(Cl)cc3Cl)nn2)cc1O.NCC(=O)O. The summed E-state index contributed by atoms with van der Waals surface area (Å²) in [5.41, 5.74) is 11.3. The van der Waals surface area contributed by atoms with Crippen molar-refractivity contribution in [3.05, 3.63) is 58.0 Å². The number of carboxylic acid groups (broad SMARTS) is 1. The Bertz CT molecular complexity index is 1040. The van der Waals surface area contributed by atoms with Gasteiger partial charge in [0, 0.05) is 21.8 Å². The van der Waals surface area contributed by atoms with Crippen molar-refractivity contribution in [1.29, 1.82) is 0 Å². The maximum Gasteiger partial charge on any atom is 0.317 e. The number of carbonyl (C=O) groups excluding carboxylic acids is 1. The maximum atomic E-state index is 11.1. The first kappa shape index (κ1) is 22.1. The van der Waals surface area contributed by atoms with Gasteiger partial charge in [0.25, 0.3) is 5.91 Å². The first-order chi connectivity index (χ1) is 13.7. The third-order valence-electron chi connectivity index (χ3n) is 3.46. The molecule has 29 heavy (non-hydrogen) atoms.